The molecule has 0 spiro atoms. The Bertz CT molecular complexity index is 933. The first kappa shape index (κ1) is 21.1. The summed E-state index contributed by atoms with van der Waals surface area (Å²) in [6.45, 7) is 3.07. The normalized spacial score (nSPS) is 21.2. The summed E-state index contributed by atoms with van der Waals surface area (Å²) in [4.78, 5) is 25.9. The van der Waals surface area contributed by atoms with Crippen LogP contribution in [0.3, 0.4) is 0 Å². The van der Waals surface area contributed by atoms with Crippen molar-refractivity contribution in [2.24, 2.45) is 0 Å². The van der Waals surface area contributed by atoms with Gasteiger partial charge in [-0.2, -0.15) is 0 Å². The molecule has 2 aromatic carbocycles. The first-order valence-electron chi connectivity index (χ1n) is 10.2. The third-order valence-corrected chi connectivity index (χ3v) is 5.27. The highest BCUT2D eigenvalue weighted by molar-refractivity contribution is 5.97. The molecule has 2 saturated heterocycles. The number of hydrogen-bond acceptors (Lipinski definition) is 6. The second kappa shape index (κ2) is 9.36. The highest BCUT2D eigenvalue weighted by Gasteiger charge is 2.40. The fraction of sp³-hybridized carbons (Fsp3) is 0.391. The van der Waals surface area contributed by atoms with E-state index in [-0.39, 0.29) is 30.1 Å². The Balaban J connectivity index is 1.34. The summed E-state index contributed by atoms with van der Waals surface area (Å²) in [5.41, 5.74) is 1.11. The molecule has 1 N–H and O–H groups in total. The van der Waals surface area contributed by atoms with Gasteiger partial charge in [0.15, 0.2) is 0 Å². The molecule has 8 heteroatoms. The number of benzene rings is 2. The van der Waals surface area contributed by atoms with Crippen molar-refractivity contribution in [2.45, 2.75) is 25.2 Å². The van der Waals surface area contributed by atoms with Crippen LogP contribution in [0.25, 0.3) is 0 Å². The van der Waals surface area contributed by atoms with Gasteiger partial charge in [-0.1, -0.05) is 12.1 Å². The quantitative estimate of drug-likeness (QED) is 0.790. The Labute approximate surface area is 181 Å². The summed E-state index contributed by atoms with van der Waals surface area (Å²) in [6.07, 6.45) is -0.654. The molecule has 0 aromatic heterocycles. The Morgan fingerprint density at radius 2 is 1.68 bits per heavy atom. The molecule has 0 aliphatic carbocycles. The minimum atomic E-state index is -0.240. The summed E-state index contributed by atoms with van der Waals surface area (Å²) >= 11 is 0. The van der Waals surface area contributed by atoms with Crippen LogP contribution in [-0.4, -0.2) is 68.4 Å². The molecular weight excluding hydrogens is 400 g/mol. The fourth-order valence-electron chi connectivity index (χ4n) is 3.79. The molecule has 8 nitrogen and oxygen atoms in total. The van der Waals surface area contributed by atoms with E-state index in [2.05, 4.69) is 5.32 Å². The van der Waals surface area contributed by atoms with Crippen LogP contribution in [0.4, 0.5) is 5.69 Å². The lowest BCUT2D eigenvalue weighted by molar-refractivity contribution is -0.114. The fourth-order valence-corrected chi connectivity index (χ4v) is 3.79. The van der Waals surface area contributed by atoms with E-state index in [4.69, 9.17) is 18.9 Å². The molecule has 2 aromatic rings. The van der Waals surface area contributed by atoms with E-state index in [1.165, 1.54) is 6.92 Å². The third-order valence-electron chi connectivity index (χ3n) is 5.27. The summed E-state index contributed by atoms with van der Waals surface area (Å²) in [5, 5.41) is 2.70. The molecule has 2 atom stereocenters. The van der Waals surface area contributed by atoms with E-state index in [0.717, 1.165) is 5.75 Å². The topological polar surface area (TPSA) is 86.3 Å². The average Bonchev–Trinajstić information content (AvgIpc) is 3.09. The number of carbonyl (C=O) groups is 2. The minimum Gasteiger partial charge on any atom is -0.497 e. The maximum absolute atomic E-state index is 12.9. The van der Waals surface area contributed by atoms with Crippen LogP contribution in [-0.2, 0) is 14.3 Å². The zero-order chi connectivity index (χ0) is 21.8. The molecular formula is C23H26N2O6. The number of anilines is 1. The molecule has 0 unspecified atom stereocenters. The number of carbonyl (C=O) groups excluding carboxylic acids is 2. The van der Waals surface area contributed by atoms with Gasteiger partial charge in [-0.3, -0.25) is 9.59 Å². The molecule has 0 saturated carbocycles. The molecule has 2 aliphatic heterocycles. The molecule has 0 radical (unpaired) electrons. The second-order valence-corrected chi connectivity index (χ2v) is 7.63. The zero-order valence-electron chi connectivity index (χ0n) is 17.6. The molecule has 2 heterocycles. The van der Waals surface area contributed by atoms with Crippen molar-refractivity contribution in [3.63, 3.8) is 0 Å². The number of ether oxygens (including phenoxy) is 4. The Hall–Kier alpha value is -3.10. The highest BCUT2D eigenvalue weighted by atomic mass is 16.6. The van der Waals surface area contributed by atoms with E-state index in [0.29, 0.717) is 43.3 Å². The van der Waals surface area contributed by atoms with Gasteiger partial charge < -0.3 is 29.2 Å². The molecule has 2 aliphatic rings. The smallest absolute Gasteiger partial charge is 0.254 e. The summed E-state index contributed by atoms with van der Waals surface area (Å²) in [7, 11) is 1.61. The van der Waals surface area contributed by atoms with E-state index in [1.54, 1.807) is 36.3 Å². The third kappa shape index (κ3) is 5.15. The number of amides is 2. The number of fused-ring (bicyclic) bond motifs is 1. The van der Waals surface area contributed by atoms with Crippen molar-refractivity contribution >= 4 is 17.5 Å². The van der Waals surface area contributed by atoms with E-state index in [9.17, 15) is 9.59 Å². The van der Waals surface area contributed by atoms with Crippen LogP contribution >= 0.6 is 0 Å². The number of hydrogen-bond donors (Lipinski definition) is 1. The van der Waals surface area contributed by atoms with Gasteiger partial charge in [-0.15, -0.1) is 0 Å². The maximum Gasteiger partial charge on any atom is 0.254 e. The molecule has 2 amide bonds. The summed E-state index contributed by atoms with van der Waals surface area (Å²) in [6, 6.07) is 14.3. The second-order valence-electron chi connectivity index (χ2n) is 7.63. The van der Waals surface area contributed by atoms with Crippen LogP contribution in [0.15, 0.2) is 48.5 Å². The molecule has 4 rings (SSSR count). The molecule has 0 bridgehead atoms. The SMILES string of the molecule is COc1cccc(OC2CO[C@H]3CN(C(=O)c4cccc(NC(C)=O)c4)C[C@@H]3OC2)c1. The van der Waals surface area contributed by atoms with Crippen LogP contribution in [0.2, 0.25) is 0 Å². The van der Waals surface area contributed by atoms with Gasteiger partial charge >= 0.3 is 0 Å². The van der Waals surface area contributed by atoms with Gasteiger partial charge in [0.25, 0.3) is 5.91 Å². The number of methoxy groups -OCH3 is 1. The monoisotopic (exact) mass is 426 g/mol. The lowest BCUT2D eigenvalue weighted by atomic mass is 10.1. The first-order valence-corrected chi connectivity index (χ1v) is 10.2. The van der Waals surface area contributed by atoms with E-state index < -0.39 is 0 Å². The number of nitrogens with zero attached hydrogens (tertiary/aromatic N) is 1. The predicted molar refractivity (Wildman–Crippen MR) is 114 cm³/mol. The van der Waals surface area contributed by atoms with Gasteiger partial charge in [0.1, 0.15) is 29.8 Å². The van der Waals surface area contributed by atoms with Crippen molar-refractivity contribution in [2.75, 3.05) is 38.7 Å². The molecule has 31 heavy (non-hydrogen) atoms. The zero-order valence-corrected chi connectivity index (χ0v) is 17.6. The average molecular weight is 426 g/mol. The van der Waals surface area contributed by atoms with Crippen molar-refractivity contribution in [3.05, 3.63) is 54.1 Å². The first-order chi connectivity index (χ1) is 15.0. The number of likely N-dealkylation sites (tertiary alicyclic amines) is 1. The maximum atomic E-state index is 12.9. The Morgan fingerprint density at radius 1 is 1.00 bits per heavy atom. The predicted octanol–water partition coefficient (Wildman–Crippen LogP) is 2.34. The molecule has 2 fully saturated rings. The van der Waals surface area contributed by atoms with Gasteiger partial charge in [-0.05, 0) is 30.3 Å². The van der Waals surface area contributed by atoms with Crippen molar-refractivity contribution in [1.82, 2.24) is 4.90 Å². The van der Waals surface area contributed by atoms with E-state index >= 15 is 0 Å². The minimum absolute atomic E-state index is 0.114. The lowest BCUT2D eigenvalue weighted by Gasteiger charge is -2.20. The van der Waals surface area contributed by atoms with E-state index in [1.807, 2.05) is 24.3 Å². The molecule has 164 valence electrons. The summed E-state index contributed by atoms with van der Waals surface area (Å²) < 4.78 is 23.3. The van der Waals surface area contributed by atoms with Gasteiger partial charge in [0, 0.05) is 37.3 Å². The van der Waals surface area contributed by atoms with Gasteiger partial charge in [-0.25, -0.2) is 0 Å². The van der Waals surface area contributed by atoms with Gasteiger partial charge in [0.05, 0.1) is 20.3 Å². The van der Waals surface area contributed by atoms with Crippen LogP contribution in [0.1, 0.15) is 17.3 Å². The number of rotatable bonds is 5. The van der Waals surface area contributed by atoms with Crippen molar-refractivity contribution < 1.29 is 28.5 Å². The standard InChI is InChI=1S/C23H26N2O6/c1-15(26)24-17-6-3-5-16(9-17)23(27)25-11-21-22(12-25)30-14-20(13-29-21)31-19-8-4-7-18(10-19)28-2/h3-10,20-22H,11-14H2,1-2H3,(H,24,26)/t21-,22-/m0/s1. The Morgan fingerprint density at radius 3 is 2.35 bits per heavy atom. The van der Waals surface area contributed by atoms with Crippen molar-refractivity contribution in [1.29, 1.82) is 0 Å². The lowest BCUT2D eigenvalue weighted by Crippen LogP contribution is -2.32. The van der Waals surface area contributed by atoms with Crippen LogP contribution in [0.5, 0.6) is 11.5 Å². The van der Waals surface area contributed by atoms with Crippen LogP contribution < -0.4 is 14.8 Å². The number of nitrogens with one attached hydrogen (secondary N) is 1. The summed E-state index contributed by atoms with van der Waals surface area (Å²) in [5.74, 6) is 1.12. The highest BCUT2D eigenvalue weighted by Crippen LogP contribution is 2.25. The largest absolute Gasteiger partial charge is 0.497 e. The van der Waals surface area contributed by atoms with Gasteiger partial charge in [0.2, 0.25) is 5.91 Å². The Kier molecular flexibility index (Phi) is 6.39. The van der Waals surface area contributed by atoms with Crippen molar-refractivity contribution in [3.8, 4) is 11.5 Å². The van der Waals surface area contributed by atoms with Crippen LogP contribution in [0, 0.1) is 0 Å².